The van der Waals surface area contributed by atoms with Gasteiger partial charge in [0, 0.05) is 31.6 Å². The van der Waals surface area contributed by atoms with Crippen LogP contribution in [0.5, 0.6) is 0 Å². The molecule has 0 bridgehead atoms. The van der Waals surface area contributed by atoms with Crippen LogP contribution >= 0.6 is 0 Å². The number of carbonyl (C=O) groups is 1. The van der Waals surface area contributed by atoms with Crippen LogP contribution in [0.1, 0.15) is 25.7 Å². The predicted molar refractivity (Wildman–Crippen MR) is 90.1 cm³/mol. The van der Waals surface area contributed by atoms with E-state index >= 15 is 0 Å². The Kier molecular flexibility index (Phi) is 5.58. The Bertz CT molecular complexity index is 730. The molecular weight excluding hydrogens is 345 g/mol. The van der Waals surface area contributed by atoms with Crippen LogP contribution < -0.4 is 0 Å². The largest absolute Gasteiger partial charge is 0.389 e. The summed E-state index contributed by atoms with van der Waals surface area (Å²) in [5.41, 5.74) is 1.76. The number of nitrogens with zero attached hydrogens (tertiary/aromatic N) is 4. The van der Waals surface area contributed by atoms with Crippen LogP contribution in [0.15, 0.2) is 36.5 Å². The molecular formula is C18H21F3N4O. The minimum atomic E-state index is -4.29. The molecule has 1 aromatic carbocycles. The number of amides is 1. The standard InChI is InChI=1S/C18H21F3N4O/c19-18(20,21)9-8-17(26)24-10-4-5-14(11-24)12-25-13-16(22-23-25)15-6-2-1-3-7-15/h1-3,6-7,13-14H,4-5,8-12H2. The fourth-order valence-electron chi connectivity index (χ4n) is 3.24. The normalized spacial score (nSPS) is 18.1. The van der Waals surface area contributed by atoms with Crippen LogP contribution in [0.2, 0.25) is 0 Å². The highest BCUT2D eigenvalue weighted by Gasteiger charge is 2.30. The molecule has 0 N–H and O–H groups in total. The van der Waals surface area contributed by atoms with Crippen molar-refractivity contribution in [1.82, 2.24) is 19.9 Å². The van der Waals surface area contributed by atoms with Crippen LogP contribution in [-0.4, -0.2) is 45.1 Å². The maximum Gasteiger partial charge on any atom is 0.389 e. The Morgan fingerprint density at radius 2 is 2.00 bits per heavy atom. The van der Waals surface area contributed by atoms with Gasteiger partial charge in [-0.25, -0.2) is 0 Å². The van der Waals surface area contributed by atoms with Crippen LogP contribution in [0.25, 0.3) is 11.3 Å². The van der Waals surface area contributed by atoms with Gasteiger partial charge in [-0.15, -0.1) is 5.10 Å². The van der Waals surface area contributed by atoms with Gasteiger partial charge in [0.2, 0.25) is 5.91 Å². The summed E-state index contributed by atoms with van der Waals surface area (Å²) in [6.45, 7) is 1.60. The van der Waals surface area contributed by atoms with Crippen LogP contribution in [0, 0.1) is 5.92 Å². The Balaban J connectivity index is 1.55. The zero-order valence-corrected chi connectivity index (χ0v) is 14.3. The molecule has 2 aromatic rings. The molecule has 1 atom stereocenters. The molecule has 1 fully saturated rings. The Labute approximate surface area is 149 Å². The second-order valence-corrected chi connectivity index (χ2v) is 6.66. The second kappa shape index (κ2) is 7.88. The highest BCUT2D eigenvalue weighted by atomic mass is 19.4. The number of piperidine rings is 1. The molecule has 2 heterocycles. The molecule has 1 unspecified atom stereocenters. The number of hydrogen-bond donors (Lipinski definition) is 0. The Morgan fingerprint density at radius 3 is 2.73 bits per heavy atom. The quantitative estimate of drug-likeness (QED) is 0.814. The number of hydrogen-bond acceptors (Lipinski definition) is 3. The highest BCUT2D eigenvalue weighted by Crippen LogP contribution is 2.24. The van der Waals surface area contributed by atoms with Crippen molar-refractivity contribution in [3.8, 4) is 11.3 Å². The summed E-state index contributed by atoms with van der Waals surface area (Å²) < 4.78 is 38.6. The summed E-state index contributed by atoms with van der Waals surface area (Å²) in [5, 5.41) is 8.31. The van der Waals surface area contributed by atoms with E-state index in [0.717, 1.165) is 24.1 Å². The average molecular weight is 366 g/mol. The monoisotopic (exact) mass is 366 g/mol. The van der Waals surface area contributed by atoms with Gasteiger partial charge in [0.25, 0.3) is 0 Å². The van der Waals surface area contributed by atoms with Crippen molar-refractivity contribution in [1.29, 1.82) is 0 Å². The van der Waals surface area contributed by atoms with Crippen molar-refractivity contribution < 1.29 is 18.0 Å². The first kappa shape index (κ1) is 18.4. The third-order valence-electron chi connectivity index (χ3n) is 4.55. The molecule has 0 aliphatic carbocycles. The van der Waals surface area contributed by atoms with Crippen molar-refractivity contribution in [3.63, 3.8) is 0 Å². The fourth-order valence-corrected chi connectivity index (χ4v) is 3.24. The smallest absolute Gasteiger partial charge is 0.342 e. The summed E-state index contributed by atoms with van der Waals surface area (Å²) >= 11 is 0. The number of halogens is 3. The summed E-state index contributed by atoms with van der Waals surface area (Å²) in [6.07, 6.45) is -2.25. The number of rotatable bonds is 5. The molecule has 0 spiro atoms. The van der Waals surface area contributed by atoms with Gasteiger partial charge in [-0.3, -0.25) is 9.48 Å². The molecule has 5 nitrogen and oxygen atoms in total. The number of carbonyl (C=O) groups excluding carboxylic acids is 1. The zero-order chi connectivity index (χ0) is 18.6. The lowest BCUT2D eigenvalue weighted by molar-refractivity contribution is -0.150. The van der Waals surface area contributed by atoms with E-state index in [9.17, 15) is 18.0 Å². The molecule has 0 saturated carbocycles. The predicted octanol–water partition coefficient (Wildman–Crippen LogP) is 3.53. The first-order chi connectivity index (χ1) is 12.4. The third kappa shape index (κ3) is 5.06. The minimum absolute atomic E-state index is 0.170. The lowest BCUT2D eigenvalue weighted by Crippen LogP contribution is -2.41. The molecule has 26 heavy (non-hydrogen) atoms. The van der Waals surface area contributed by atoms with Gasteiger partial charge in [0.1, 0.15) is 5.69 Å². The Hall–Kier alpha value is -2.38. The van der Waals surface area contributed by atoms with Crippen LogP contribution in [0.3, 0.4) is 0 Å². The lowest BCUT2D eigenvalue weighted by atomic mass is 9.97. The topological polar surface area (TPSA) is 51.0 Å². The van der Waals surface area contributed by atoms with Crippen molar-refractivity contribution in [2.45, 2.75) is 38.4 Å². The van der Waals surface area contributed by atoms with Crippen molar-refractivity contribution in [3.05, 3.63) is 36.5 Å². The van der Waals surface area contributed by atoms with E-state index in [1.54, 1.807) is 9.58 Å². The molecule has 1 aliphatic rings. The van der Waals surface area contributed by atoms with Crippen molar-refractivity contribution >= 4 is 5.91 Å². The summed E-state index contributed by atoms with van der Waals surface area (Å²) in [5.74, 6) is -0.250. The molecule has 1 amide bonds. The molecule has 8 heteroatoms. The Morgan fingerprint density at radius 1 is 1.23 bits per heavy atom. The average Bonchev–Trinajstić information content (AvgIpc) is 3.08. The fraction of sp³-hybridized carbons (Fsp3) is 0.500. The summed E-state index contributed by atoms with van der Waals surface area (Å²) in [6, 6.07) is 9.70. The molecule has 3 rings (SSSR count). The van der Waals surface area contributed by atoms with Crippen LogP contribution in [-0.2, 0) is 11.3 Å². The van der Waals surface area contributed by atoms with E-state index in [1.807, 2.05) is 36.5 Å². The number of aromatic nitrogens is 3. The van der Waals surface area contributed by atoms with E-state index in [2.05, 4.69) is 10.3 Å². The second-order valence-electron chi connectivity index (χ2n) is 6.66. The lowest BCUT2D eigenvalue weighted by Gasteiger charge is -2.32. The molecule has 1 aliphatic heterocycles. The van der Waals surface area contributed by atoms with Gasteiger partial charge in [-0.05, 0) is 18.8 Å². The highest BCUT2D eigenvalue weighted by molar-refractivity contribution is 5.76. The first-order valence-corrected chi connectivity index (χ1v) is 8.71. The summed E-state index contributed by atoms with van der Waals surface area (Å²) in [7, 11) is 0. The summed E-state index contributed by atoms with van der Waals surface area (Å²) in [4.78, 5) is 13.6. The van der Waals surface area contributed by atoms with Crippen molar-refractivity contribution in [2.75, 3.05) is 13.1 Å². The first-order valence-electron chi connectivity index (χ1n) is 8.71. The van der Waals surface area contributed by atoms with Gasteiger partial charge < -0.3 is 4.90 Å². The zero-order valence-electron chi connectivity index (χ0n) is 14.3. The number of alkyl halides is 3. The molecule has 0 radical (unpaired) electrons. The maximum absolute atomic E-state index is 12.3. The van der Waals surface area contributed by atoms with Gasteiger partial charge >= 0.3 is 6.18 Å². The number of likely N-dealkylation sites (tertiary alicyclic amines) is 1. The SMILES string of the molecule is O=C(CCC(F)(F)F)N1CCCC(Cn2cc(-c3ccccc3)nn2)C1. The van der Waals surface area contributed by atoms with Gasteiger partial charge in [-0.1, -0.05) is 35.5 Å². The molecule has 1 aromatic heterocycles. The van der Waals surface area contributed by atoms with Gasteiger partial charge in [-0.2, -0.15) is 13.2 Å². The van der Waals surface area contributed by atoms with Crippen LogP contribution in [0.4, 0.5) is 13.2 Å². The van der Waals surface area contributed by atoms with E-state index in [-0.39, 0.29) is 5.92 Å². The van der Waals surface area contributed by atoms with E-state index < -0.39 is 24.9 Å². The van der Waals surface area contributed by atoms with E-state index in [0.29, 0.717) is 19.6 Å². The number of benzene rings is 1. The van der Waals surface area contributed by atoms with Gasteiger partial charge in [0.05, 0.1) is 12.6 Å². The maximum atomic E-state index is 12.3. The van der Waals surface area contributed by atoms with Crippen molar-refractivity contribution in [2.24, 2.45) is 5.92 Å². The third-order valence-corrected chi connectivity index (χ3v) is 4.55. The molecule has 1 saturated heterocycles. The van der Waals surface area contributed by atoms with E-state index in [4.69, 9.17) is 0 Å². The minimum Gasteiger partial charge on any atom is -0.342 e. The molecule has 140 valence electrons. The van der Waals surface area contributed by atoms with Gasteiger partial charge in [0.15, 0.2) is 0 Å². The van der Waals surface area contributed by atoms with E-state index in [1.165, 1.54) is 0 Å².